The van der Waals surface area contributed by atoms with Crippen LogP contribution in [0.1, 0.15) is 43.0 Å². The molecule has 0 radical (unpaired) electrons. The van der Waals surface area contributed by atoms with Crippen molar-refractivity contribution in [1.82, 2.24) is 15.5 Å². The Balaban J connectivity index is 1.83. The Morgan fingerprint density at radius 1 is 1.52 bits per heavy atom. The van der Waals surface area contributed by atoms with Gasteiger partial charge in [-0.15, -0.1) is 0 Å². The maximum Gasteiger partial charge on any atom is 0.251 e. The lowest BCUT2D eigenvalue weighted by Crippen LogP contribution is -2.59. The van der Waals surface area contributed by atoms with Gasteiger partial charge in [-0.25, -0.2) is 0 Å². The van der Waals surface area contributed by atoms with Crippen LogP contribution in [0.25, 0.3) is 10.9 Å². The fourth-order valence-electron chi connectivity index (χ4n) is 3.33. The van der Waals surface area contributed by atoms with Gasteiger partial charge in [-0.05, 0) is 30.9 Å². The van der Waals surface area contributed by atoms with Gasteiger partial charge in [-0.2, -0.15) is 5.10 Å². The number of nitrogens with one attached hydrogen (secondary N) is 2. The number of nitrogens with zero attached hydrogens (tertiary/aromatic N) is 1. The van der Waals surface area contributed by atoms with E-state index in [1.807, 2.05) is 18.2 Å². The van der Waals surface area contributed by atoms with Crippen molar-refractivity contribution >= 4 is 16.8 Å². The molecular formula is C16H22N4O. The van der Waals surface area contributed by atoms with E-state index in [1.54, 1.807) is 6.20 Å². The van der Waals surface area contributed by atoms with Crippen molar-refractivity contribution in [3.05, 3.63) is 30.0 Å². The number of rotatable bonds is 3. The Bertz CT molecular complexity index is 651. The van der Waals surface area contributed by atoms with E-state index in [2.05, 4.69) is 22.4 Å². The van der Waals surface area contributed by atoms with Gasteiger partial charge in [0, 0.05) is 17.5 Å². The first-order valence-electron chi connectivity index (χ1n) is 7.60. The Hall–Kier alpha value is -1.88. The van der Waals surface area contributed by atoms with Crippen LogP contribution in [0.15, 0.2) is 24.4 Å². The molecule has 0 saturated heterocycles. The van der Waals surface area contributed by atoms with Gasteiger partial charge in [0.15, 0.2) is 0 Å². The summed E-state index contributed by atoms with van der Waals surface area (Å²) >= 11 is 0. The number of hydrogen-bond donors (Lipinski definition) is 3. The van der Waals surface area contributed by atoms with E-state index in [-0.39, 0.29) is 11.4 Å². The molecule has 1 fully saturated rings. The van der Waals surface area contributed by atoms with E-state index in [0.717, 1.165) is 30.2 Å². The zero-order valence-electron chi connectivity index (χ0n) is 12.4. The van der Waals surface area contributed by atoms with Gasteiger partial charge in [0.25, 0.3) is 5.91 Å². The molecule has 0 bridgehead atoms. The molecule has 1 aliphatic carbocycles. The number of benzene rings is 1. The van der Waals surface area contributed by atoms with Crippen molar-refractivity contribution in [3.8, 4) is 0 Å². The maximum absolute atomic E-state index is 12.6. The van der Waals surface area contributed by atoms with Crippen LogP contribution in [0.5, 0.6) is 0 Å². The Morgan fingerprint density at radius 2 is 2.38 bits per heavy atom. The van der Waals surface area contributed by atoms with E-state index in [0.29, 0.717) is 18.0 Å². The second-order valence-electron chi connectivity index (χ2n) is 6.13. The summed E-state index contributed by atoms with van der Waals surface area (Å²) in [6, 6.07) is 5.59. The molecule has 1 aromatic carbocycles. The van der Waals surface area contributed by atoms with E-state index in [1.165, 1.54) is 6.42 Å². The van der Waals surface area contributed by atoms with Crippen LogP contribution >= 0.6 is 0 Å². The monoisotopic (exact) mass is 286 g/mol. The molecule has 3 rings (SSSR count). The van der Waals surface area contributed by atoms with E-state index >= 15 is 0 Å². The van der Waals surface area contributed by atoms with Crippen molar-refractivity contribution in [1.29, 1.82) is 0 Å². The quantitative estimate of drug-likeness (QED) is 0.808. The highest BCUT2D eigenvalue weighted by molar-refractivity contribution is 5.98. The highest BCUT2D eigenvalue weighted by Gasteiger charge is 2.38. The van der Waals surface area contributed by atoms with Gasteiger partial charge in [0.05, 0.1) is 17.3 Å². The zero-order valence-corrected chi connectivity index (χ0v) is 12.4. The summed E-state index contributed by atoms with van der Waals surface area (Å²) in [5.41, 5.74) is 7.26. The average molecular weight is 286 g/mol. The van der Waals surface area contributed by atoms with Gasteiger partial charge >= 0.3 is 0 Å². The fourth-order valence-corrected chi connectivity index (χ4v) is 3.33. The molecule has 1 amide bonds. The number of nitrogens with two attached hydrogens (primary N) is 1. The molecule has 2 unspecified atom stereocenters. The smallest absolute Gasteiger partial charge is 0.251 e. The predicted octanol–water partition coefficient (Wildman–Crippen LogP) is 2.20. The van der Waals surface area contributed by atoms with Gasteiger partial charge in [0.2, 0.25) is 0 Å². The summed E-state index contributed by atoms with van der Waals surface area (Å²) in [6.45, 7) is 2.68. The number of fused-ring (bicyclic) bond motifs is 1. The van der Waals surface area contributed by atoms with Crippen LogP contribution in [-0.4, -0.2) is 28.2 Å². The van der Waals surface area contributed by atoms with Crippen LogP contribution < -0.4 is 11.1 Å². The largest absolute Gasteiger partial charge is 0.345 e. The number of hydrogen-bond acceptors (Lipinski definition) is 3. The molecule has 5 heteroatoms. The van der Waals surface area contributed by atoms with E-state index in [9.17, 15) is 4.79 Å². The van der Waals surface area contributed by atoms with Crippen LogP contribution in [0.3, 0.4) is 0 Å². The SMILES string of the molecule is CC1CCCCC1(CN)NC(=O)c1ccc2cn[nH]c2c1. The molecule has 2 aromatic rings. The minimum absolute atomic E-state index is 0.0503. The summed E-state index contributed by atoms with van der Waals surface area (Å²) in [5.74, 6) is 0.363. The zero-order chi connectivity index (χ0) is 14.9. The Morgan fingerprint density at radius 3 is 3.14 bits per heavy atom. The van der Waals surface area contributed by atoms with Crippen LogP contribution in [0.2, 0.25) is 0 Å². The van der Waals surface area contributed by atoms with Crippen LogP contribution in [-0.2, 0) is 0 Å². The lowest BCUT2D eigenvalue weighted by Gasteiger charge is -2.42. The molecule has 1 aromatic heterocycles. The summed E-state index contributed by atoms with van der Waals surface area (Å²) in [4.78, 5) is 12.6. The van der Waals surface area contributed by atoms with Crippen molar-refractivity contribution in [2.75, 3.05) is 6.54 Å². The first-order valence-corrected chi connectivity index (χ1v) is 7.60. The molecule has 2 atom stereocenters. The summed E-state index contributed by atoms with van der Waals surface area (Å²) in [7, 11) is 0. The lowest BCUT2D eigenvalue weighted by molar-refractivity contribution is 0.0813. The summed E-state index contributed by atoms with van der Waals surface area (Å²) in [5, 5.41) is 11.1. The number of amides is 1. The highest BCUT2D eigenvalue weighted by atomic mass is 16.1. The van der Waals surface area contributed by atoms with Gasteiger partial charge in [-0.3, -0.25) is 9.89 Å². The Labute approximate surface area is 124 Å². The van der Waals surface area contributed by atoms with E-state index in [4.69, 9.17) is 5.73 Å². The second-order valence-corrected chi connectivity index (χ2v) is 6.13. The van der Waals surface area contributed by atoms with Crippen molar-refractivity contribution in [2.24, 2.45) is 11.7 Å². The maximum atomic E-state index is 12.6. The Kier molecular flexibility index (Phi) is 3.68. The van der Waals surface area contributed by atoms with Gasteiger partial charge in [0.1, 0.15) is 0 Å². The number of aromatic nitrogens is 2. The number of aromatic amines is 1. The minimum Gasteiger partial charge on any atom is -0.345 e. The normalized spacial score (nSPS) is 25.9. The first kappa shape index (κ1) is 14.1. The first-order chi connectivity index (χ1) is 10.1. The summed E-state index contributed by atoms with van der Waals surface area (Å²) < 4.78 is 0. The molecule has 1 saturated carbocycles. The average Bonchev–Trinajstić information content (AvgIpc) is 2.97. The molecule has 112 valence electrons. The topological polar surface area (TPSA) is 83.8 Å². The number of carbonyl (C=O) groups excluding carboxylic acids is 1. The standard InChI is InChI=1S/C16H22N4O/c1-11-4-2-3-7-16(11,10-17)19-15(21)12-5-6-13-9-18-20-14(13)8-12/h5-6,8-9,11H,2-4,7,10,17H2,1H3,(H,18,20)(H,19,21). The number of H-pyrrole nitrogens is 1. The molecule has 0 aliphatic heterocycles. The third-order valence-electron chi connectivity index (χ3n) is 4.88. The van der Waals surface area contributed by atoms with E-state index < -0.39 is 0 Å². The second kappa shape index (κ2) is 5.48. The molecule has 0 spiro atoms. The highest BCUT2D eigenvalue weighted by Crippen LogP contribution is 2.33. The molecule has 4 N–H and O–H groups in total. The number of carbonyl (C=O) groups is 1. The minimum atomic E-state index is -0.266. The molecule has 1 heterocycles. The molecule has 5 nitrogen and oxygen atoms in total. The predicted molar refractivity (Wildman–Crippen MR) is 83.0 cm³/mol. The van der Waals surface area contributed by atoms with Crippen molar-refractivity contribution < 1.29 is 4.79 Å². The molecule has 21 heavy (non-hydrogen) atoms. The molecule has 1 aliphatic rings. The van der Waals surface area contributed by atoms with Crippen molar-refractivity contribution in [3.63, 3.8) is 0 Å². The lowest BCUT2D eigenvalue weighted by atomic mass is 9.73. The molecular weight excluding hydrogens is 264 g/mol. The third kappa shape index (κ3) is 2.53. The third-order valence-corrected chi connectivity index (χ3v) is 4.88. The van der Waals surface area contributed by atoms with Crippen LogP contribution in [0.4, 0.5) is 0 Å². The summed E-state index contributed by atoms with van der Waals surface area (Å²) in [6.07, 6.45) is 6.18. The van der Waals surface area contributed by atoms with Crippen molar-refractivity contribution in [2.45, 2.75) is 38.1 Å². The van der Waals surface area contributed by atoms with Gasteiger partial charge in [-0.1, -0.05) is 25.8 Å². The van der Waals surface area contributed by atoms with Crippen LogP contribution in [0, 0.1) is 5.92 Å². The fraction of sp³-hybridized carbons (Fsp3) is 0.500. The van der Waals surface area contributed by atoms with Gasteiger partial charge < -0.3 is 11.1 Å².